The molecule has 2 unspecified atom stereocenters. The fraction of sp³-hybridized carbons (Fsp3) is 0.538. The molecule has 1 heterocycles. The van der Waals surface area contributed by atoms with Crippen molar-refractivity contribution in [3.05, 3.63) is 28.8 Å². The highest BCUT2D eigenvalue weighted by molar-refractivity contribution is 6.33. The molecule has 0 spiro atoms. The number of halogens is 1. The number of hydrogen-bond acceptors (Lipinski definition) is 2. The summed E-state index contributed by atoms with van der Waals surface area (Å²) in [6.07, 6.45) is 2.44. The first-order valence-corrected chi connectivity index (χ1v) is 6.18. The molecule has 3 heteroatoms. The van der Waals surface area contributed by atoms with Crippen LogP contribution in [0.1, 0.15) is 25.3 Å². The summed E-state index contributed by atoms with van der Waals surface area (Å²) in [5, 5.41) is 4.34. The van der Waals surface area contributed by atoms with Gasteiger partial charge in [0.25, 0.3) is 0 Å². The van der Waals surface area contributed by atoms with Crippen molar-refractivity contribution < 1.29 is 4.74 Å². The van der Waals surface area contributed by atoms with Gasteiger partial charge in [-0.3, -0.25) is 0 Å². The summed E-state index contributed by atoms with van der Waals surface area (Å²) in [5.41, 5.74) is 2.27. The zero-order valence-electron chi connectivity index (χ0n) is 9.79. The highest BCUT2D eigenvalue weighted by Crippen LogP contribution is 2.28. The van der Waals surface area contributed by atoms with E-state index in [1.165, 1.54) is 5.56 Å². The van der Waals surface area contributed by atoms with Crippen LogP contribution in [0.5, 0.6) is 0 Å². The molecule has 1 aliphatic rings. The molecular weight excluding hydrogens is 222 g/mol. The van der Waals surface area contributed by atoms with E-state index in [1.54, 1.807) is 0 Å². The summed E-state index contributed by atoms with van der Waals surface area (Å²) in [7, 11) is 0. The van der Waals surface area contributed by atoms with Gasteiger partial charge >= 0.3 is 0 Å². The molecule has 0 aromatic heterocycles. The van der Waals surface area contributed by atoms with Crippen LogP contribution in [0, 0.1) is 6.92 Å². The standard InChI is InChI=1S/C13H18ClNO/c1-9-4-3-5-12(14)13(9)15-11-6-7-16-10(2)8-11/h3-5,10-11,15H,6-8H2,1-2H3. The molecule has 0 bridgehead atoms. The second-order valence-corrected chi connectivity index (χ2v) is 4.89. The Morgan fingerprint density at radius 3 is 2.94 bits per heavy atom. The van der Waals surface area contributed by atoms with Crippen LogP contribution >= 0.6 is 11.6 Å². The fourth-order valence-electron chi connectivity index (χ4n) is 2.15. The number of anilines is 1. The van der Waals surface area contributed by atoms with Crippen molar-refractivity contribution in [2.45, 2.75) is 38.8 Å². The van der Waals surface area contributed by atoms with Crippen molar-refractivity contribution in [3.63, 3.8) is 0 Å². The van der Waals surface area contributed by atoms with Gasteiger partial charge in [0.05, 0.1) is 16.8 Å². The predicted octanol–water partition coefficient (Wildman–Crippen LogP) is 3.63. The van der Waals surface area contributed by atoms with E-state index in [0.717, 1.165) is 30.2 Å². The molecule has 0 radical (unpaired) electrons. The van der Waals surface area contributed by atoms with Gasteiger partial charge < -0.3 is 10.1 Å². The Labute approximate surface area is 102 Å². The normalized spacial score (nSPS) is 25.4. The van der Waals surface area contributed by atoms with E-state index < -0.39 is 0 Å². The fourth-order valence-corrected chi connectivity index (χ4v) is 2.42. The van der Waals surface area contributed by atoms with Gasteiger partial charge in [0, 0.05) is 12.6 Å². The minimum Gasteiger partial charge on any atom is -0.381 e. The van der Waals surface area contributed by atoms with Gasteiger partial charge in [-0.05, 0) is 38.3 Å². The summed E-state index contributed by atoms with van der Waals surface area (Å²) < 4.78 is 5.53. The molecule has 2 atom stereocenters. The molecule has 0 aliphatic carbocycles. The molecule has 16 heavy (non-hydrogen) atoms. The maximum Gasteiger partial charge on any atom is 0.0640 e. The average Bonchev–Trinajstić information content (AvgIpc) is 2.24. The number of ether oxygens (including phenoxy) is 1. The molecule has 1 N–H and O–H groups in total. The van der Waals surface area contributed by atoms with Crippen LogP contribution in [-0.2, 0) is 4.74 Å². The molecule has 1 aliphatic heterocycles. The number of hydrogen-bond donors (Lipinski definition) is 1. The van der Waals surface area contributed by atoms with E-state index in [2.05, 4.69) is 25.2 Å². The maximum absolute atomic E-state index is 6.19. The van der Waals surface area contributed by atoms with E-state index in [4.69, 9.17) is 16.3 Å². The van der Waals surface area contributed by atoms with Crippen LogP contribution in [-0.4, -0.2) is 18.8 Å². The van der Waals surface area contributed by atoms with Crippen molar-refractivity contribution in [3.8, 4) is 0 Å². The van der Waals surface area contributed by atoms with E-state index >= 15 is 0 Å². The van der Waals surface area contributed by atoms with Gasteiger partial charge in [-0.15, -0.1) is 0 Å². The van der Waals surface area contributed by atoms with Gasteiger partial charge in [0.1, 0.15) is 0 Å². The smallest absolute Gasteiger partial charge is 0.0640 e. The Morgan fingerprint density at radius 2 is 2.25 bits per heavy atom. The predicted molar refractivity (Wildman–Crippen MR) is 68.2 cm³/mol. The topological polar surface area (TPSA) is 21.3 Å². The number of benzene rings is 1. The highest BCUT2D eigenvalue weighted by Gasteiger charge is 2.20. The van der Waals surface area contributed by atoms with Crippen LogP contribution in [0.2, 0.25) is 5.02 Å². The Morgan fingerprint density at radius 1 is 1.44 bits per heavy atom. The molecule has 88 valence electrons. The van der Waals surface area contributed by atoms with Gasteiger partial charge in [-0.2, -0.15) is 0 Å². The SMILES string of the molecule is Cc1cccc(Cl)c1NC1CCOC(C)C1. The lowest BCUT2D eigenvalue weighted by Gasteiger charge is -2.29. The quantitative estimate of drug-likeness (QED) is 0.851. The molecule has 1 saturated heterocycles. The van der Waals surface area contributed by atoms with Gasteiger partial charge in [0.2, 0.25) is 0 Å². The summed E-state index contributed by atoms with van der Waals surface area (Å²) in [4.78, 5) is 0. The lowest BCUT2D eigenvalue weighted by atomic mass is 10.0. The lowest BCUT2D eigenvalue weighted by Crippen LogP contribution is -2.32. The van der Waals surface area contributed by atoms with Gasteiger partial charge in [-0.25, -0.2) is 0 Å². The van der Waals surface area contributed by atoms with Crippen LogP contribution in [0.15, 0.2) is 18.2 Å². The maximum atomic E-state index is 6.19. The van der Waals surface area contributed by atoms with Crippen LogP contribution < -0.4 is 5.32 Å². The minimum atomic E-state index is 0.342. The van der Waals surface area contributed by atoms with E-state index in [1.807, 2.05) is 12.1 Å². The Balaban J connectivity index is 2.08. The van der Waals surface area contributed by atoms with Crippen molar-refractivity contribution in [2.75, 3.05) is 11.9 Å². The monoisotopic (exact) mass is 239 g/mol. The summed E-state index contributed by atoms with van der Waals surface area (Å²) in [6.45, 7) is 5.03. The molecule has 2 nitrogen and oxygen atoms in total. The molecule has 0 amide bonds. The first kappa shape index (κ1) is 11.7. The minimum absolute atomic E-state index is 0.342. The number of nitrogens with one attached hydrogen (secondary N) is 1. The third-order valence-electron chi connectivity index (χ3n) is 3.06. The van der Waals surface area contributed by atoms with E-state index in [9.17, 15) is 0 Å². The first-order valence-electron chi connectivity index (χ1n) is 5.80. The van der Waals surface area contributed by atoms with Crippen molar-refractivity contribution >= 4 is 17.3 Å². The molecule has 1 fully saturated rings. The summed E-state index contributed by atoms with van der Waals surface area (Å²) >= 11 is 6.19. The van der Waals surface area contributed by atoms with Gasteiger partial charge in [-0.1, -0.05) is 23.7 Å². The first-order chi connectivity index (χ1) is 7.66. The van der Waals surface area contributed by atoms with Crippen LogP contribution in [0.4, 0.5) is 5.69 Å². The number of para-hydroxylation sites is 1. The molecule has 2 rings (SSSR count). The molecule has 1 aromatic rings. The van der Waals surface area contributed by atoms with Crippen molar-refractivity contribution in [2.24, 2.45) is 0 Å². The van der Waals surface area contributed by atoms with Crippen molar-refractivity contribution in [1.29, 1.82) is 0 Å². The van der Waals surface area contributed by atoms with E-state index in [-0.39, 0.29) is 0 Å². The summed E-state index contributed by atoms with van der Waals surface area (Å²) in [6, 6.07) is 6.47. The Kier molecular flexibility index (Phi) is 3.72. The van der Waals surface area contributed by atoms with Crippen LogP contribution in [0.25, 0.3) is 0 Å². The third kappa shape index (κ3) is 2.69. The average molecular weight is 240 g/mol. The molecule has 1 aromatic carbocycles. The van der Waals surface area contributed by atoms with Gasteiger partial charge in [0.15, 0.2) is 0 Å². The Hall–Kier alpha value is -0.730. The second kappa shape index (κ2) is 5.07. The van der Waals surface area contributed by atoms with E-state index in [0.29, 0.717) is 12.1 Å². The largest absolute Gasteiger partial charge is 0.381 e. The number of aryl methyl sites for hydroxylation is 1. The third-order valence-corrected chi connectivity index (χ3v) is 3.37. The van der Waals surface area contributed by atoms with Crippen molar-refractivity contribution in [1.82, 2.24) is 0 Å². The molecular formula is C13H18ClNO. The number of rotatable bonds is 2. The van der Waals surface area contributed by atoms with Crippen LogP contribution in [0.3, 0.4) is 0 Å². The molecule has 0 saturated carbocycles. The summed E-state index contributed by atoms with van der Waals surface area (Å²) in [5.74, 6) is 0. The Bertz CT molecular complexity index is 347. The highest BCUT2D eigenvalue weighted by atomic mass is 35.5. The zero-order valence-corrected chi connectivity index (χ0v) is 10.6. The zero-order chi connectivity index (χ0) is 11.5. The second-order valence-electron chi connectivity index (χ2n) is 4.48. The lowest BCUT2D eigenvalue weighted by molar-refractivity contribution is 0.0232.